The average molecular weight is 226 g/mol. The zero-order valence-corrected chi connectivity index (χ0v) is 11.0. The van der Waals surface area contributed by atoms with Crippen LogP contribution in [0.5, 0.6) is 0 Å². The Morgan fingerprint density at radius 2 is 2.06 bits per heavy atom. The lowest BCUT2D eigenvalue weighted by Crippen LogP contribution is -2.68. The van der Waals surface area contributed by atoms with E-state index in [-0.39, 0.29) is 11.1 Å². The third-order valence-corrected chi connectivity index (χ3v) is 3.84. The van der Waals surface area contributed by atoms with Crippen LogP contribution < -0.4 is 5.73 Å². The minimum atomic E-state index is 0.0960. The molecule has 0 saturated carbocycles. The second kappa shape index (κ2) is 4.28. The topological polar surface area (TPSA) is 38.5 Å². The molecule has 1 unspecified atom stereocenters. The molecule has 3 heteroatoms. The summed E-state index contributed by atoms with van der Waals surface area (Å²) in [5.41, 5.74) is 6.44. The average Bonchev–Trinajstić information content (AvgIpc) is 2.43. The fourth-order valence-corrected chi connectivity index (χ4v) is 3.12. The maximum absolute atomic E-state index is 6.25. The molecule has 0 aromatic carbocycles. The smallest absolute Gasteiger partial charge is 0.0710 e. The lowest BCUT2D eigenvalue weighted by molar-refractivity contribution is -0.0491. The first-order valence-corrected chi connectivity index (χ1v) is 6.62. The van der Waals surface area contributed by atoms with E-state index in [2.05, 4.69) is 25.7 Å². The molecule has 16 heavy (non-hydrogen) atoms. The molecule has 2 saturated heterocycles. The van der Waals surface area contributed by atoms with Gasteiger partial charge in [0.2, 0.25) is 0 Å². The van der Waals surface area contributed by atoms with Gasteiger partial charge in [0.15, 0.2) is 0 Å². The molecule has 2 aliphatic heterocycles. The first kappa shape index (κ1) is 12.3. The molecule has 94 valence electrons. The van der Waals surface area contributed by atoms with Gasteiger partial charge in [0.1, 0.15) is 0 Å². The molecular formula is C13H26N2O. The minimum absolute atomic E-state index is 0.0960. The van der Waals surface area contributed by atoms with Crippen molar-refractivity contribution in [2.75, 3.05) is 19.6 Å². The van der Waals surface area contributed by atoms with Crippen LogP contribution in [-0.4, -0.2) is 41.8 Å². The first-order valence-electron chi connectivity index (χ1n) is 6.62. The molecule has 0 amide bonds. The van der Waals surface area contributed by atoms with E-state index < -0.39 is 0 Å². The maximum Gasteiger partial charge on any atom is 0.0710 e. The number of nitrogens with two attached hydrogens (primary N) is 1. The van der Waals surface area contributed by atoms with E-state index in [0.29, 0.717) is 6.10 Å². The van der Waals surface area contributed by atoms with Crippen LogP contribution in [0.15, 0.2) is 0 Å². The summed E-state index contributed by atoms with van der Waals surface area (Å²) in [6.45, 7) is 9.77. The maximum atomic E-state index is 6.25. The minimum Gasteiger partial charge on any atom is -0.371 e. The molecule has 2 aliphatic rings. The van der Waals surface area contributed by atoms with Crippen molar-refractivity contribution in [3.05, 3.63) is 0 Å². The third kappa shape index (κ3) is 2.76. The Labute approximate surface area is 99.3 Å². The fraction of sp³-hybridized carbons (Fsp3) is 1.00. The van der Waals surface area contributed by atoms with Gasteiger partial charge in [0.05, 0.1) is 11.7 Å². The van der Waals surface area contributed by atoms with Gasteiger partial charge in [0, 0.05) is 25.2 Å². The predicted molar refractivity (Wildman–Crippen MR) is 66.5 cm³/mol. The van der Waals surface area contributed by atoms with Gasteiger partial charge in [-0.3, -0.25) is 4.90 Å². The number of likely N-dealkylation sites (tertiary alicyclic amines) is 1. The third-order valence-electron chi connectivity index (χ3n) is 3.84. The van der Waals surface area contributed by atoms with Gasteiger partial charge in [0.25, 0.3) is 0 Å². The predicted octanol–water partition coefficient (Wildman–Crippen LogP) is 1.76. The normalized spacial score (nSPS) is 32.6. The summed E-state index contributed by atoms with van der Waals surface area (Å²) in [5.74, 6) is 0. The Kier molecular flexibility index (Phi) is 3.30. The van der Waals surface area contributed by atoms with Crippen LogP contribution in [0.25, 0.3) is 0 Å². The Morgan fingerprint density at radius 3 is 2.56 bits per heavy atom. The summed E-state index contributed by atoms with van der Waals surface area (Å²) < 4.78 is 6.00. The number of ether oxygens (including phenoxy) is 1. The van der Waals surface area contributed by atoms with Crippen molar-refractivity contribution in [3.63, 3.8) is 0 Å². The molecule has 2 N–H and O–H groups in total. The van der Waals surface area contributed by atoms with Gasteiger partial charge in [-0.25, -0.2) is 0 Å². The van der Waals surface area contributed by atoms with Crippen LogP contribution in [0.2, 0.25) is 0 Å². The molecule has 1 atom stereocenters. The van der Waals surface area contributed by atoms with Crippen LogP contribution >= 0.6 is 0 Å². The van der Waals surface area contributed by atoms with Crippen molar-refractivity contribution < 1.29 is 4.74 Å². The lowest BCUT2D eigenvalue weighted by atomic mass is 9.86. The highest BCUT2D eigenvalue weighted by molar-refractivity contribution is 5.00. The zero-order chi connectivity index (χ0) is 11.8. The van der Waals surface area contributed by atoms with E-state index in [1.54, 1.807) is 0 Å². The van der Waals surface area contributed by atoms with Crippen molar-refractivity contribution in [3.8, 4) is 0 Å². The van der Waals surface area contributed by atoms with Gasteiger partial charge in [-0.05, 0) is 33.1 Å². The second-order valence-corrected chi connectivity index (χ2v) is 6.32. The molecule has 0 spiro atoms. The highest BCUT2D eigenvalue weighted by atomic mass is 16.5. The summed E-state index contributed by atoms with van der Waals surface area (Å²) in [5, 5.41) is 0. The van der Waals surface area contributed by atoms with Gasteiger partial charge in [-0.2, -0.15) is 0 Å². The van der Waals surface area contributed by atoms with E-state index >= 15 is 0 Å². The van der Waals surface area contributed by atoms with Crippen LogP contribution in [0, 0.1) is 0 Å². The second-order valence-electron chi connectivity index (χ2n) is 6.32. The van der Waals surface area contributed by atoms with Crippen LogP contribution in [-0.2, 0) is 4.74 Å². The van der Waals surface area contributed by atoms with Gasteiger partial charge < -0.3 is 10.5 Å². The largest absolute Gasteiger partial charge is 0.371 e. The Morgan fingerprint density at radius 1 is 1.38 bits per heavy atom. The molecule has 0 bridgehead atoms. The van der Waals surface area contributed by atoms with Crippen molar-refractivity contribution >= 4 is 0 Å². The Bertz CT molecular complexity index is 246. The van der Waals surface area contributed by atoms with E-state index in [1.165, 1.54) is 19.3 Å². The number of hydrogen-bond acceptors (Lipinski definition) is 3. The van der Waals surface area contributed by atoms with E-state index in [4.69, 9.17) is 10.5 Å². The van der Waals surface area contributed by atoms with Crippen molar-refractivity contribution in [2.45, 2.75) is 63.7 Å². The SMILES string of the molecule is CCCC1(N)CN(CC2CCC(C)(C)O2)C1. The summed E-state index contributed by atoms with van der Waals surface area (Å²) in [4.78, 5) is 2.45. The van der Waals surface area contributed by atoms with Gasteiger partial charge in [-0.1, -0.05) is 13.3 Å². The van der Waals surface area contributed by atoms with E-state index in [9.17, 15) is 0 Å². The molecule has 0 radical (unpaired) electrons. The Balaban J connectivity index is 1.70. The zero-order valence-electron chi connectivity index (χ0n) is 11.0. The number of rotatable bonds is 4. The fourth-order valence-electron chi connectivity index (χ4n) is 3.12. The van der Waals surface area contributed by atoms with Crippen molar-refractivity contribution in [2.24, 2.45) is 5.73 Å². The summed E-state index contributed by atoms with van der Waals surface area (Å²) in [6, 6.07) is 0. The summed E-state index contributed by atoms with van der Waals surface area (Å²) >= 11 is 0. The molecule has 2 fully saturated rings. The molecule has 2 rings (SSSR count). The number of nitrogens with zero attached hydrogens (tertiary/aromatic N) is 1. The van der Waals surface area contributed by atoms with E-state index in [0.717, 1.165) is 26.1 Å². The summed E-state index contributed by atoms with van der Waals surface area (Å²) in [6.07, 6.45) is 5.17. The monoisotopic (exact) mass is 226 g/mol. The molecule has 3 nitrogen and oxygen atoms in total. The van der Waals surface area contributed by atoms with Crippen molar-refractivity contribution in [1.82, 2.24) is 4.90 Å². The quantitative estimate of drug-likeness (QED) is 0.794. The molecule has 0 aliphatic carbocycles. The van der Waals surface area contributed by atoms with Gasteiger partial charge >= 0.3 is 0 Å². The molecule has 0 aromatic heterocycles. The molecular weight excluding hydrogens is 200 g/mol. The first-order chi connectivity index (χ1) is 7.42. The highest BCUT2D eigenvalue weighted by Gasteiger charge is 2.41. The molecule has 0 aromatic rings. The van der Waals surface area contributed by atoms with Crippen LogP contribution in [0.4, 0.5) is 0 Å². The lowest BCUT2D eigenvalue weighted by Gasteiger charge is -2.48. The van der Waals surface area contributed by atoms with Crippen LogP contribution in [0.1, 0.15) is 46.5 Å². The van der Waals surface area contributed by atoms with E-state index in [1.807, 2.05) is 0 Å². The number of hydrogen-bond donors (Lipinski definition) is 1. The molecule has 2 heterocycles. The standard InChI is InChI=1S/C13H26N2O/c1-4-6-13(14)9-15(10-13)8-11-5-7-12(2,3)16-11/h11H,4-10,14H2,1-3H3. The van der Waals surface area contributed by atoms with Crippen LogP contribution in [0.3, 0.4) is 0 Å². The summed E-state index contributed by atoms with van der Waals surface area (Å²) in [7, 11) is 0. The van der Waals surface area contributed by atoms with Gasteiger partial charge in [-0.15, -0.1) is 0 Å². The Hall–Kier alpha value is -0.120. The van der Waals surface area contributed by atoms with Crippen molar-refractivity contribution in [1.29, 1.82) is 0 Å². The highest BCUT2D eigenvalue weighted by Crippen LogP contribution is 2.31.